The fraction of sp³-hybridized carbons (Fsp3) is 0.111. The first kappa shape index (κ1) is 17.2. The van der Waals surface area contributed by atoms with Crippen molar-refractivity contribution in [3.8, 4) is 0 Å². The van der Waals surface area contributed by atoms with Crippen LogP contribution in [0.1, 0.15) is 0 Å². The van der Waals surface area contributed by atoms with Crippen molar-refractivity contribution in [2.45, 2.75) is 6.54 Å². The number of anilines is 2. The zero-order valence-electron chi connectivity index (χ0n) is 14.0. The van der Waals surface area contributed by atoms with Crippen molar-refractivity contribution in [2.75, 3.05) is 17.7 Å². The van der Waals surface area contributed by atoms with Gasteiger partial charge in [0, 0.05) is 23.8 Å². The zero-order valence-corrected chi connectivity index (χ0v) is 14.0. The Morgan fingerprint density at radius 3 is 2.54 bits per heavy atom. The van der Waals surface area contributed by atoms with E-state index in [-0.39, 0.29) is 18.1 Å². The van der Waals surface area contributed by atoms with E-state index in [1.807, 2.05) is 6.07 Å². The second-order valence-corrected chi connectivity index (χ2v) is 5.53. The predicted molar refractivity (Wildman–Crippen MR) is 99.2 cm³/mol. The van der Waals surface area contributed by atoms with Gasteiger partial charge in [0.2, 0.25) is 5.91 Å². The largest absolute Gasteiger partial charge is 0.341 e. The van der Waals surface area contributed by atoms with E-state index in [4.69, 9.17) is 0 Å². The van der Waals surface area contributed by atoms with Gasteiger partial charge in [0.25, 0.3) is 5.56 Å². The van der Waals surface area contributed by atoms with E-state index in [0.29, 0.717) is 16.8 Å². The molecule has 0 spiro atoms. The van der Waals surface area contributed by atoms with Gasteiger partial charge in [-0.05, 0) is 24.3 Å². The van der Waals surface area contributed by atoms with Crippen molar-refractivity contribution in [3.63, 3.8) is 0 Å². The third kappa shape index (κ3) is 3.86. The SMILES string of the molecule is CNC(=O)Nc1cccc(NC(=O)Cn2ncc3ccccc3c2=O)c1. The number of nitrogens with zero attached hydrogens (tertiary/aromatic N) is 2. The fourth-order valence-corrected chi connectivity index (χ4v) is 2.45. The summed E-state index contributed by atoms with van der Waals surface area (Å²) in [5, 5.41) is 13.0. The molecule has 0 radical (unpaired) electrons. The number of fused-ring (bicyclic) bond motifs is 1. The molecule has 8 nitrogen and oxygen atoms in total. The van der Waals surface area contributed by atoms with E-state index in [2.05, 4.69) is 21.0 Å². The maximum Gasteiger partial charge on any atom is 0.318 e. The number of urea groups is 1. The summed E-state index contributed by atoms with van der Waals surface area (Å²) in [4.78, 5) is 36.0. The van der Waals surface area contributed by atoms with E-state index in [1.54, 1.807) is 48.7 Å². The molecule has 0 aliphatic carbocycles. The van der Waals surface area contributed by atoms with E-state index in [0.717, 1.165) is 10.1 Å². The van der Waals surface area contributed by atoms with E-state index >= 15 is 0 Å². The van der Waals surface area contributed by atoms with Crippen molar-refractivity contribution < 1.29 is 9.59 Å². The summed E-state index contributed by atoms with van der Waals surface area (Å²) < 4.78 is 1.12. The Kier molecular flexibility index (Phi) is 4.93. The summed E-state index contributed by atoms with van der Waals surface area (Å²) in [7, 11) is 1.51. The molecule has 0 aliphatic heterocycles. The average molecular weight is 351 g/mol. The van der Waals surface area contributed by atoms with Crippen molar-refractivity contribution >= 4 is 34.1 Å². The van der Waals surface area contributed by atoms with Gasteiger partial charge in [-0.3, -0.25) is 9.59 Å². The summed E-state index contributed by atoms with van der Waals surface area (Å²) in [5.41, 5.74) is 0.703. The molecule has 26 heavy (non-hydrogen) atoms. The van der Waals surface area contributed by atoms with Gasteiger partial charge < -0.3 is 16.0 Å². The molecule has 1 heterocycles. The Hall–Kier alpha value is -3.68. The highest BCUT2D eigenvalue weighted by Crippen LogP contribution is 2.15. The molecule has 3 rings (SSSR count). The topological polar surface area (TPSA) is 105 Å². The van der Waals surface area contributed by atoms with E-state index in [1.165, 1.54) is 7.05 Å². The molecule has 3 aromatic rings. The molecule has 8 heteroatoms. The fourth-order valence-electron chi connectivity index (χ4n) is 2.45. The number of hydrogen-bond acceptors (Lipinski definition) is 4. The maximum atomic E-state index is 12.4. The minimum atomic E-state index is -0.396. The Morgan fingerprint density at radius 2 is 1.77 bits per heavy atom. The number of hydrogen-bond donors (Lipinski definition) is 3. The molecule has 1 aromatic heterocycles. The van der Waals surface area contributed by atoms with Gasteiger partial charge in [-0.15, -0.1) is 0 Å². The molecule has 0 aliphatic rings. The Balaban J connectivity index is 1.73. The van der Waals surface area contributed by atoms with Crippen molar-refractivity contribution in [1.82, 2.24) is 15.1 Å². The van der Waals surface area contributed by atoms with Crippen LogP contribution in [-0.2, 0) is 11.3 Å². The summed E-state index contributed by atoms with van der Waals surface area (Å²) in [6.07, 6.45) is 1.55. The smallest absolute Gasteiger partial charge is 0.318 e. The van der Waals surface area contributed by atoms with Crippen LogP contribution in [0.2, 0.25) is 0 Å². The number of benzene rings is 2. The lowest BCUT2D eigenvalue weighted by Gasteiger charge is -2.09. The van der Waals surface area contributed by atoms with Crippen molar-refractivity contribution in [2.24, 2.45) is 0 Å². The van der Waals surface area contributed by atoms with Gasteiger partial charge in [0.05, 0.1) is 11.6 Å². The average Bonchev–Trinajstić information content (AvgIpc) is 2.64. The van der Waals surface area contributed by atoms with Gasteiger partial charge in [-0.1, -0.05) is 24.3 Å². The number of aromatic nitrogens is 2. The molecule has 0 unspecified atom stereocenters. The van der Waals surface area contributed by atoms with Crippen LogP contribution in [0.15, 0.2) is 59.5 Å². The third-order valence-electron chi connectivity index (χ3n) is 3.69. The van der Waals surface area contributed by atoms with Crippen LogP contribution in [0.3, 0.4) is 0 Å². The first-order chi connectivity index (χ1) is 12.6. The molecular weight excluding hydrogens is 334 g/mol. The summed E-state index contributed by atoms with van der Waals surface area (Å²) in [6, 6.07) is 13.4. The quantitative estimate of drug-likeness (QED) is 0.666. The minimum absolute atomic E-state index is 0.212. The molecule has 0 bridgehead atoms. The Morgan fingerprint density at radius 1 is 1.04 bits per heavy atom. The van der Waals surface area contributed by atoms with Gasteiger partial charge >= 0.3 is 6.03 Å². The van der Waals surface area contributed by atoms with Gasteiger partial charge in [0.15, 0.2) is 0 Å². The first-order valence-corrected chi connectivity index (χ1v) is 7.90. The highest BCUT2D eigenvalue weighted by molar-refractivity contribution is 5.93. The highest BCUT2D eigenvalue weighted by atomic mass is 16.2. The minimum Gasteiger partial charge on any atom is -0.341 e. The second kappa shape index (κ2) is 7.47. The highest BCUT2D eigenvalue weighted by Gasteiger charge is 2.09. The van der Waals surface area contributed by atoms with Gasteiger partial charge in [-0.25, -0.2) is 9.48 Å². The van der Waals surface area contributed by atoms with Crippen LogP contribution in [0, 0.1) is 0 Å². The normalized spacial score (nSPS) is 10.3. The lowest BCUT2D eigenvalue weighted by molar-refractivity contribution is -0.117. The first-order valence-electron chi connectivity index (χ1n) is 7.90. The monoisotopic (exact) mass is 351 g/mol. The number of carbonyl (C=O) groups excluding carboxylic acids is 2. The van der Waals surface area contributed by atoms with Gasteiger partial charge in [0.1, 0.15) is 6.54 Å². The van der Waals surface area contributed by atoms with Crippen LogP contribution in [0.4, 0.5) is 16.2 Å². The Bertz CT molecular complexity index is 1030. The van der Waals surface area contributed by atoms with Crippen LogP contribution < -0.4 is 21.5 Å². The maximum absolute atomic E-state index is 12.4. The van der Waals surface area contributed by atoms with Gasteiger partial charge in [-0.2, -0.15) is 5.10 Å². The standard InChI is InChI=1S/C18H17N5O3/c1-19-18(26)22-14-7-4-6-13(9-14)21-16(24)11-23-17(25)15-8-3-2-5-12(15)10-20-23/h2-10H,11H2,1H3,(H,21,24)(H2,19,22,26). The lowest BCUT2D eigenvalue weighted by atomic mass is 10.2. The van der Waals surface area contributed by atoms with Crippen LogP contribution in [0.5, 0.6) is 0 Å². The molecule has 0 saturated carbocycles. The molecule has 0 atom stereocenters. The van der Waals surface area contributed by atoms with Crippen molar-refractivity contribution in [1.29, 1.82) is 0 Å². The molecule has 2 aromatic carbocycles. The van der Waals surface area contributed by atoms with E-state index in [9.17, 15) is 14.4 Å². The number of nitrogens with one attached hydrogen (secondary N) is 3. The number of rotatable bonds is 4. The summed E-state index contributed by atoms with van der Waals surface area (Å²) in [6.45, 7) is -0.212. The molecule has 0 fully saturated rings. The zero-order chi connectivity index (χ0) is 18.5. The van der Waals surface area contributed by atoms with Crippen molar-refractivity contribution in [3.05, 3.63) is 65.1 Å². The lowest BCUT2D eigenvalue weighted by Crippen LogP contribution is -2.29. The number of amides is 3. The number of carbonyl (C=O) groups is 2. The molecule has 3 amide bonds. The predicted octanol–water partition coefficient (Wildman–Crippen LogP) is 1.79. The van der Waals surface area contributed by atoms with E-state index < -0.39 is 5.91 Å². The molecular formula is C18H17N5O3. The molecule has 0 saturated heterocycles. The van der Waals surface area contributed by atoms with Crippen LogP contribution >= 0.6 is 0 Å². The molecule has 3 N–H and O–H groups in total. The summed E-state index contributed by atoms with van der Waals surface area (Å²) >= 11 is 0. The van der Waals surface area contributed by atoms with Crippen LogP contribution in [0.25, 0.3) is 10.8 Å². The van der Waals surface area contributed by atoms with Crippen LogP contribution in [-0.4, -0.2) is 28.8 Å². The summed E-state index contributed by atoms with van der Waals surface area (Å²) in [5.74, 6) is -0.396. The third-order valence-corrected chi connectivity index (χ3v) is 3.69. The second-order valence-electron chi connectivity index (χ2n) is 5.53. The Labute approximate surface area is 148 Å². The molecule has 132 valence electrons.